The van der Waals surface area contributed by atoms with Crippen LogP contribution in [0.1, 0.15) is 39.0 Å². The third-order valence-electron chi connectivity index (χ3n) is 5.09. The first-order valence-electron chi connectivity index (χ1n) is 9.90. The van der Waals surface area contributed by atoms with Gasteiger partial charge in [0.05, 0.1) is 17.2 Å². The molecule has 0 bridgehead atoms. The molecule has 0 spiro atoms. The number of nitrogens with zero attached hydrogens (tertiary/aromatic N) is 2. The van der Waals surface area contributed by atoms with E-state index in [4.69, 9.17) is 0 Å². The van der Waals surface area contributed by atoms with Crippen LogP contribution in [0.3, 0.4) is 0 Å². The van der Waals surface area contributed by atoms with Crippen molar-refractivity contribution in [3.63, 3.8) is 0 Å². The molecule has 1 saturated heterocycles. The van der Waals surface area contributed by atoms with Crippen LogP contribution in [0.5, 0.6) is 0 Å². The summed E-state index contributed by atoms with van der Waals surface area (Å²) >= 11 is 1.43. The van der Waals surface area contributed by atoms with E-state index in [2.05, 4.69) is 5.32 Å². The quantitative estimate of drug-likeness (QED) is 0.780. The number of amides is 2. The average molecular weight is 450 g/mol. The van der Waals surface area contributed by atoms with Gasteiger partial charge >= 0.3 is 0 Å². The first-order valence-corrected chi connectivity index (χ1v) is 12.6. The number of thiophene rings is 1. The van der Waals surface area contributed by atoms with E-state index in [1.165, 1.54) is 15.6 Å². The Labute approximate surface area is 181 Å². The van der Waals surface area contributed by atoms with Gasteiger partial charge in [-0.15, -0.1) is 11.3 Å². The second kappa shape index (κ2) is 9.72. The molecule has 1 aromatic carbocycles. The highest BCUT2D eigenvalue weighted by Crippen LogP contribution is 2.27. The topological polar surface area (TPSA) is 86.8 Å². The highest BCUT2D eigenvalue weighted by Gasteiger charge is 2.30. The molecule has 0 saturated carbocycles. The van der Waals surface area contributed by atoms with Gasteiger partial charge in [0, 0.05) is 37.5 Å². The lowest BCUT2D eigenvalue weighted by molar-refractivity contribution is -0.122. The van der Waals surface area contributed by atoms with E-state index in [1.807, 2.05) is 43.3 Å². The Morgan fingerprint density at radius 1 is 1.10 bits per heavy atom. The maximum absolute atomic E-state index is 12.9. The number of rotatable bonds is 3. The minimum Gasteiger partial charge on any atom is -0.354 e. The van der Waals surface area contributed by atoms with Crippen molar-refractivity contribution < 1.29 is 18.0 Å². The van der Waals surface area contributed by atoms with Crippen LogP contribution in [-0.2, 0) is 14.8 Å². The summed E-state index contributed by atoms with van der Waals surface area (Å²) in [5.41, 5.74) is 0.777. The summed E-state index contributed by atoms with van der Waals surface area (Å²) in [5, 5.41) is 2.84. The number of hydrogen-bond acceptors (Lipinski definition) is 5. The van der Waals surface area contributed by atoms with Crippen molar-refractivity contribution in [3.05, 3.63) is 57.8 Å². The van der Waals surface area contributed by atoms with Crippen molar-refractivity contribution in [2.75, 3.05) is 32.4 Å². The maximum atomic E-state index is 12.9. The maximum Gasteiger partial charge on any atom is 0.263 e. The number of carbonyl (C=O) groups excluding carboxylic acids is 2. The minimum absolute atomic E-state index is 0.0369. The molecule has 2 aromatic rings. The van der Waals surface area contributed by atoms with Crippen molar-refractivity contribution in [3.8, 4) is 0 Å². The molecule has 30 heavy (non-hydrogen) atoms. The minimum atomic E-state index is -3.56. The molecule has 1 aliphatic rings. The van der Waals surface area contributed by atoms with Crippen molar-refractivity contribution in [1.29, 1.82) is 0 Å². The third-order valence-corrected chi connectivity index (χ3v) is 7.36. The fourth-order valence-electron chi connectivity index (χ4n) is 3.63. The number of nitrogens with one attached hydrogen (secondary N) is 1. The van der Waals surface area contributed by atoms with Gasteiger partial charge in [-0.1, -0.05) is 30.3 Å². The molecule has 1 unspecified atom stereocenters. The molecule has 9 heteroatoms. The van der Waals surface area contributed by atoms with E-state index in [1.54, 1.807) is 11.0 Å². The molecule has 1 aliphatic heterocycles. The van der Waals surface area contributed by atoms with E-state index in [0.29, 0.717) is 30.9 Å². The van der Waals surface area contributed by atoms with E-state index in [-0.39, 0.29) is 24.8 Å². The molecule has 0 radical (unpaired) electrons. The molecule has 2 amide bonds. The van der Waals surface area contributed by atoms with E-state index >= 15 is 0 Å². The Balaban J connectivity index is 1.85. The van der Waals surface area contributed by atoms with E-state index < -0.39 is 16.1 Å². The lowest BCUT2D eigenvalue weighted by Gasteiger charge is -2.30. The largest absolute Gasteiger partial charge is 0.354 e. The molecular weight excluding hydrogens is 422 g/mol. The normalized spacial score (nSPS) is 19.7. The van der Waals surface area contributed by atoms with Crippen LogP contribution in [0.4, 0.5) is 0 Å². The SMILES string of the molecule is Cc1ccc(C(=O)N2CCCN(S(C)(=O)=O)C(c3ccccc3)CC(=O)NCC2)s1. The predicted molar refractivity (Wildman–Crippen MR) is 118 cm³/mol. The summed E-state index contributed by atoms with van der Waals surface area (Å²) in [4.78, 5) is 28.9. The summed E-state index contributed by atoms with van der Waals surface area (Å²) in [6.07, 6.45) is 1.69. The van der Waals surface area contributed by atoms with E-state index in [0.717, 1.165) is 16.7 Å². The van der Waals surface area contributed by atoms with Crippen molar-refractivity contribution >= 4 is 33.2 Å². The molecule has 162 valence electrons. The number of hydrogen-bond donors (Lipinski definition) is 1. The number of benzene rings is 1. The van der Waals surface area contributed by atoms with Gasteiger partial charge < -0.3 is 10.2 Å². The van der Waals surface area contributed by atoms with Crippen LogP contribution in [0.15, 0.2) is 42.5 Å². The zero-order valence-electron chi connectivity index (χ0n) is 17.2. The number of aryl methyl sites for hydroxylation is 1. The highest BCUT2D eigenvalue weighted by atomic mass is 32.2. The molecule has 3 rings (SSSR count). The summed E-state index contributed by atoms with van der Waals surface area (Å²) < 4.78 is 26.5. The lowest BCUT2D eigenvalue weighted by atomic mass is 10.0. The monoisotopic (exact) mass is 449 g/mol. The summed E-state index contributed by atoms with van der Waals surface area (Å²) in [6, 6.07) is 12.3. The van der Waals surface area contributed by atoms with Crippen molar-refractivity contribution in [2.45, 2.75) is 25.8 Å². The molecule has 1 atom stereocenters. The second-order valence-corrected chi connectivity index (χ2v) is 10.6. The third kappa shape index (κ3) is 5.68. The Morgan fingerprint density at radius 2 is 1.83 bits per heavy atom. The molecule has 1 aromatic heterocycles. The molecule has 2 heterocycles. The van der Waals surface area contributed by atoms with Gasteiger partial charge in [0.1, 0.15) is 0 Å². The fourth-order valence-corrected chi connectivity index (χ4v) is 5.58. The Morgan fingerprint density at radius 3 is 2.47 bits per heavy atom. The van der Waals surface area contributed by atoms with Crippen LogP contribution in [0.25, 0.3) is 0 Å². The zero-order valence-corrected chi connectivity index (χ0v) is 18.8. The Kier molecular flexibility index (Phi) is 7.27. The second-order valence-electron chi connectivity index (χ2n) is 7.41. The molecule has 1 N–H and O–H groups in total. The van der Waals surface area contributed by atoms with Crippen LogP contribution >= 0.6 is 11.3 Å². The number of carbonyl (C=O) groups is 2. The van der Waals surface area contributed by atoms with Gasteiger partial charge in [0.15, 0.2) is 0 Å². The van der Waals surface area contributed by atoms with Crippen molar-refractivity contribution in [2.24, 2.45) is 0 Å². The molecule has 0 aliphatic carbocycles. The van der Waals surface area contributed by atoms with Gasteiger partial charge in [-0.05, 0) is 31.0 Å². The lowest BCUT2D eigenvalue weighted by Crippen LogP contribution is -2.38. The van der Waals surface area contributed by atoms with Crippen LogP contribution in [-0.4, -0.2) is 61.9 Å². The van der Waals surface area contributed by atoms with Crippen LogP contribution in [0, 0.1) is 6.92 Å². The van der Waals surface area contributed by atoms with Crippen LogP contribution in [0.2, 0.25) is 0 Å². The van der Waals surface area contributed by atoms with Gasteiger partial charge in [-0.25, -0.2) is 8.42 Å². The highest BCUT2D eigenvalue weighted by molar-refractivity contribution is 7.88. The first-order chi connectivity index (χ1) is 14.3. The van der Waals surface area contributed by atoms with Gasteiger partial charge in [-0.2, -0.15) is 4.31 Å². The van der Waals surface area contributed by atoms with Crippen molar-refractivity contribution in [1.82, 2.24) is 14.5 Å². The van der Waals surface area contributed by atoms with E-state index in [9.17, 15) is 18.0 Å². The molecule has 7 nitrogen and oxygen atoms in total. The Bertz CT molecular complexity index is 989. The standard InChI is InChI=1S/C21H27N3O4S2/c1-16-9-10-19(29-16)21(26)23-12-6-13-24(30(2,27)28)18(15-20(25)22-11-14-23)17-7-4-3-5-8-17/h3-5,7-10,18H,6,11-15H2,1-2H3,(H,22,25). The van der Waals surface area contributed by atoms with Gasteiger partial charge in [0.2, 0.25) is 15.9 Å². The van der Waals surface area contributed by atoms with Crippen LogP contribution < -0.4 is 5.32 Å². The van der Waals surface area contributed by atoms with Gasteiger partial charge in [0.25, 0.3) is 5.91 Å². The zero-order chi connectivity index (χ0) is 21.7. The summed E-state index contributed by atoms with van der Waals surface area (Å²) in [6.45, 7) is 3.31. The predicted octanol–water partition coefficient (Wildman–Crippen LogP) is 2.41. The Hall–Kier alpha value is -2.23. The first kappa shape index (κ1) is 22.5. The van der Waals surface area contributed by atoms with Gasteiger partial charge in [-0.3, -0.25) is 9.59 Å². The molecule has 1 fully saturated rings. The summed E-state index contributed by atoms with van der Waals surface area (Å²) in [7, 11) is -3.56. The summed E-state index contributed by atoms with van der Waals surface area (Å²) in [5.74, 6) is -0.328. The molecular formula is C21H27N3O4S2. The number of sulfonamides is 1. The fraction of sp³-hybridized carbons (Fsp3) is 0.429. The smallest absolute Gasteiger partial charge is 0.263 e. The average Bonchev–Trinajstić information content (AvgIpc) is 3.12.